The summed E-state index contributed by atoms with van der Waals surface area (Å²) in [4.78, 5) is 22.1. The number of amides is 1. The van der Waals surface area contributed by atoms with E-state index in [1.807, 2.05) is 30.3 Å². The maximum absolute atomic E-state index is 11.6. The molecule has 0 unspecified atom stereocenters. The second-order valence-electron chi connectivity index (χ2n) is 3.86. The number of carbonyl (C=O) groups excluding carboxylic acids is 1. The van der Waals surface area contributed by atoms with Crippen molar-refractivity contribution in [1.82, 2.24) is 5.32 Å². The molecule has 0 radical (unpaired) electrons. The van der Waals surface area contributed by atoms with E-state index in [2.05, 4.69) is 5.32 Å². The van der Waals surface area contributed by atoms with Crippen LogP contribution in [-0.4, -0.2) is 29.1 Å². The Labute approximate surface area is 99.6 Å². The number of carboxylic acid groups (broad SMARTS) is 1. The predicted octanol–water partition coefficient (Wildman–Crippen LogP) is 0.146. The maximum atomic E-state index is 11.6. The Kier molecular flexibility index (Phi) is 4.66. The molecule has 5 nitrogen and oxygen atoms in total. The van der Waals surface area contributed by atoms with E-state index < -0.39 is 24.0 Å². The number of hydrogen-bond donors (Lipinski definition) is 3. The molecule has 0 fully saturated rings. The lowest BCUT2D eigenvalue weighted by atomic mass is 10.1. The molecule has 0 saturated carbocycles. The van der Waals surface area contributed by atoms with Crippen LogP contribution >= 0.6 is 0 Å². The minimum absolute atomic E-state index is 0.388. The number of rotatable bonds is 5. The molecule has 92 valence electrons. The fraction of sp³-hybridized carbons (Fsp3) is 0.333. The minimum atomic E-state index is -1.08. The first-order chi connectivity index (χ1) is 8.00. The molecule has 0 bridgehead atoms. The van der Waals surface area contributed by atoms with Crippen molar-refractivity contribution in [3.63, 3.8) is 0 Å². The Morgan fingerprint density at radius 3 is 2.47 bits per heavy atom. The second kappa shape index (κ2) is 6.00. The molecule has 0 saturated heterocycles. The average Bonchev–Trinajstić information content (AvgIpc) is 2.29. The zero-order valence-electron chi connectivity index (χ0n) is 9.59. The van der Waals surface area contributed by atoms with Crippen molar-refractivity contribution in [1.29, 1.82) is 0 Å². The van der Waals surface area contributed by atoms with Gasteiger partial charge in [0, 0.05) is 0 Å². The van der Waals surface area contributed by atoms with Crippen molar-refractivity contribution in [2.75, 3.05) is 0 Å². The van der Waals surface area contributed by atoms with Crippen molar-refractivity contribution in [3.05, 3.63) is 35.9 Å². The molecule has 1 aromatic rings. The van der Waals surface area contributed by atoms with Gasteiger partial charge in [0.1, 0.15) is 6.04 Å². The van der Waals surface area contributed by atoms with Crippen LogP contribution in [0.1, 0.15) is 12.5 Å². The quantitative estimate of drug-likeness (QED) is 0.678. The third-order valence-corrected chi connectivity index (χ3v) is 2.36. The van der Waals surface area contributed by atoms with E-state index >= 15 is 0 Å². The first-order valence-corrected chi connectivity index (χ1v) is 5.33. The number of hydrogen-bond acceptors (Lipinski definition) is 3. The van der Waals surface area contributed by atoms with Crippen LogP contribution in [0.5, 0.6) is 0 Å². The minimum Gasteiger partial charge on any atom is -0.480 e. The topological polar surface area (TPSA) is 92.4 Å². The smallest absolute Gasteiger partial charge is 0.325 e. The Bertz CT molecular complexity index is 392. The first kappa shape index (κ1) is 13.2. The molecule has 0 aromatic heterocycles. The van der Waals surface area contributed by atoms with Crippen LogP contribution in [0.25, 0.3) is 0 Å². The molecule has 1 amide bonds. The number of benzene rings is 1. The number of carboxylic acids is 1. The summed E-state index contributed by atoms with van der Waals surface area (Å²) in [6.07, 6.45) is 0.388. The van der Waals surface area contributed by atoms with Crippen LogP contribution in [0.2, 0.25) is 0 Å². The van der Waals surface area contributed by atoms with Gasteiger partial charge in [-0.05, 0) is 18.9 Å². The summed E-state index contributed by atoms with van der Waals surface area (Å²) in [7, 11) is 0. The SMILES string of the molecule is C[C@@H](NC(=O)[C@H](N)Cc1ccccc1)C(=O)O. The summed E-state index contributed by atoms with van der Waals surface area (Å²) in [5.41, 5.74) is 6.64. The third kappa shape index (κ3) is 4.24. The Hall–Kier alpha value is -1.88. The van der Waals surface area contributed by atoms with E-state index in [0.717, 1.165) is 5.56 Å². The second-order valence-corrected chi connectivity index (χ2v) is 3.86. The summed E-state index contributed by atoms with van der Waals surface area (Å²) >= 11 is 0. The monoisotopic (exact) mass is 236 g/mol. The summed E-state index contributed by atoms with van der Waals surface area (Å²) < 4.78 is 0. The molecule has 1 aromatic carbocycles. The lowest BCUT2D eigenvalue weighted by Gasteiger charge is -2.14. The molecule has 0 aliphatic heterocycles. The van der Waals surface area contributed by atoms with Gasteiger partial charge < -0.3 is 16.2 Å². The highest BCUT2D eigenvalue weighted by Gasteiger charge is 2.19. The van der Waals surface area contributed by atoms with Gasteiger partial charge in [-0.2, -0.15) is 0 Å². The van der Waals surface area contributed by atoms with Gasteiger partial charge in [-0.15, -0.1) is 0 Å². The van der Waals surface area contributed by atoms with Gasteiger partial charge in [0.05, 0.1) is 6.04 Å². The van der Waals surface area contributed by atoms with Gasteiger partial charge in [-0.1, -0.05) is 30.3 Å². The van der Waals surface area contributed by atoms with Gasteiger partial charge in [-0.3, -0.25) is 9.59 Å². The van der Waals surface area contributed by atoms with Gasteiger partial charge >= 0.3 is 5.97 Å². The predicted molar refractivity (Wildman–Crippen MR) is 63.4 cm³/mol. The Morgan fingerprint density at radius 2 is 1.94 bits per heavy atom. The lowest BCUT2D eigenvalue weighted by Crippen LogP contribution is -2.47. The van der Waals surface area contributed by atoms with Crippen molar-refractivity contribution in [3.8, 4) is 0 Å². The fourth-order valence-electron chi connectivity index (χ4n) is 1.34. The largest absolute Gasteiger partial charge is 0.480 e. The van der Waals surface area contributed by atoms with Crippen molar-refractivity contribution in [2.45, 2.75) is 25.4 Å². The average molecular weight is 236 g/mol. The van der Waals surface area contributed by atoms with Crippen LogP contribution in [0, 0.1) is 0 Å². The first-order valence-electron chi connectivity index (χ1n) is 5.33. The molecule has 0 spiro atoms. The molecule has 4 N–H and O–H groups in total. The number of nitrogens with one attached hydrogen (secondary N) is 1. The molecule has 0 heterocycles. The Balaban J connectivity index is 2.50. The molecule has 5 heteroatoms. The molecular formula is C12H16N2O3. The van der Waals surface area contributed by atoms with Crippen molar-refractivity contribution in [2.24, 2.45) is 5.73 Å². The molecule has 1 rings (SSSR count). The highest BCUT2D eigenvalue weighted by atomic mass is 16.4. The van der Waals surface area contributed by atoms with E-state index in [0.29, 0.717) is 6.42 Å². The summed E-state index contributed by atoms with van der Waals surface area (Å²) in [6, 6.07) is 7.67. The van der Waals surface area contributed by atoms with Gasteiger partial charge in [0.25, 0.3) is 0 Å². The number of carbonyl (C=O) groups is 2. The highest BCUT2D eigenvalue weighted by molar-refractivity contribution is 5.86. The van der Waals surface area contributed by atoms with E-state index in [1.165, 1.54) is 6.92 Å². The molecule has 2 atom stereocenters. The van der Waals surface area contributed by atoms with Gasteiger partial charge in [-0.25, -0.2) is 0 Å². The lowest BCUT2D eigenvalue weighted by molar-refractivity contribution is -0.141. The van der Waals surface area contributed by atoms with E-state index in [9.17, 15) is 9.59 Å². The van der Waals surface area contributed by atoms with Crippen LogP contribution in [0.3, 0.4) is 0 Å². The molecule has 0 aliphatic rings. The number of aliphatic carboxylic acids is 1. The van der Waals surface area contributed by atoms with Crippen molar-refractivity contribution < 1.29 is 14.7 Å². The summed E-state index contributed by atoms with van der Waals surface area (Å²) in [5, 5.41) is 11.0. The van der Waals surface area contributed by atoms with Crippen molar-refractivity contribution >= 4 is 11.9 Å². The highest BCUT2D eigenvalue weighted by Crippen LogP contribution is 2.02. The molecule has 0 aliphatic carbocycles. The molecular weight excluding hydrogens is 220 g/mol. The van der Waals surface area contributed by atoms with E-state index in [4.69, 9.17) is 10.8 Å². The van der Waals surface area contributed by atoms with Crippen LogP contribution in [0.4, 0.5) is 0 Å². The van der Waals surface area contributed by atoms with Gasteiger partial charge in [0.2, 0.25) is 5.91 Å². The Morgan fingerprint density at radius 1 is 1.35 bits per heavy atom. The van der Waals surface area contributed by atoms with E-state index in [-0.39, 0.29) is 0 Å². The number of nitrogens with two attached hydrogens (primary N) is 1. The maximum Gasteiger partial charge on any atom is 0.325 e. The van der Waals surface area contributed by atoms with Crippen LogP contribution in [-0.2, 0) is 16.0 Å². The third-order valence-electron chi connectivity index (χ3n) is 2.36. The normalized spacial score (nSPS) is 13.8. The zero-order chi connectivity index (χ0) is 12.8. The fourth-order valence-corrected chi connectivity index (χ4v) is 1.34. The summed E-state index contributed by atoms with van der Waals surface area (Å²) in [6.45, 7) is 1.40. The molecule has 17 heavy (non-hydrogen) atoms. The van der Waals surface area contributed by atoms with Gasteiger partial charge in [0.15, 0.2) is 0 Å². The standard InChI is InChI=1S/C12H16N2O3/c1-8(12(16)17)14-11(15)10(13)7-9-5-3-2-4-6-9/h2-6,8,10H,7,13H2,1H3,(H,14,15)(H,16,17)/t8-,10-/m1/s1. The zero-order valence-corrected chi connectivity index (χ0v) is 9.59. The van der Waals surface area contributed by atoms with Crippen LogP contribution in [0.15, 0.2) is 30.3 Å². The van der Waals surface area contributed by atoms with E-state index in [1.54, 1.807) is 0 Å². The van der Waals surface area contributed by atoms with Crippen LogP contribution < -0.4 is 11.1 Å². The summed E-state index contributed by atoms with van der Waals surface area (Å²) in [5.74, 6) is -1.53.